The summed E-state index contributed by atoms with van der Waals surface area (Å²) in [4.78, 5) is 10.2. The highest BCUT2D eigenvalue weighted by atomic mass is 16.1. The topological polar surface area (TPSA) is 29.1 Å². The number of carbonyl (C=O) groups is 1. The smallest absolute Gasteiger partial charge is 0.124 e. The Labute approximate surface area is 55.6 Å². The summed E-state index contributed by atoms with van der Waals surface area (Å²) in [6, 6.07) is 0.612. The van der Waals surface area contributed by atoms with E-state index in [-0.39, 0.29) is 5.92 Å². The summed E-state index contributed by atoms with van der Waals surface area (Å²) in [6.07, 6.45) is 3.26. The van der Waals surface area contributed by atoms with Gasteiger partial charge in [-0.05, 0) is 19.8 Å². The van der Waals surface area contributed by atoms with E-state index < -0.39 is 0 Å². The summed E-state index contributed by atoms with van der Waals surface area (Å²) in [5.41, 5.74) is 0. The molecule has 9 heavy (non-hydrogen) atoms. The fourth-order valence-electron chi connectivity index (χ4n) is 1.14. The highest BCUT2D eigenvalue weighted by Crippen LogP contribution is 2.10. The molecule has 1 aliphatic heterocycles. The molecule has 1 rings (SSSR count). The van der Waals surface area contributed by atoms with E-state index in [1.165, 1.54) is 0 Å². The first-order valence-electron chi connectivity index (χ1n) is 3.51. The van der Waals surface area contributed by atoms with Gasteiger partial charge in [0.25, 0.3) is 0 Å². The van der Waals surface area contributed by atoms with Crippen LogP contribution in [0.2, 0.25) is 0 Å². The average molecular weight is 127 g/mol. The Hall–Kier alpha value is -0.370. The van der Waals surface area contributed by atoms with Gasteiger partial charge in [-0.25, -0.2) is 0 Å². The Balaban J connectivity index is 2.26. The van der Waals surface area contributed by atoms with Gasteiger partial charge in [0.2, 0.25) is 0 Å². The Kier molecular flexibility index (Phi) is 2.22. The fraction of sp³-hybridized carbons (Fsp3) is 0.857. The zero-order chi connectivity index (χ0) is 6.69. The van der Waals surface area contributed by atoms with Crippen molar-refractivity contribution in [3.05, 3.63) is 0 Å². The third-order valence-electron chi connectivity index (χ3n) is 1.89. The van der Waals surface area contributed by atoms with Crippen LogP contribution in [-0.4, -0.2) is 18.9 Å². The van der Waals surface area contributed by atoms with Crippen molar-refractivity contribution in [1.29, 1.82) is 0 Å². The molecular formula is C7H13NO. The van der Waals surface area contributed by atoms with E-state index in [4.69, 9.17) is 0 Å². The normalized spacial score (nSPS) is 36.1. The van der Waals surface area contributed by atoms with E-state index >= 15 is 0 Å². The van der Waals surface area contributed by atoms with Gasteiger partial charge in [0.1, 0.15) is 6.29 Å². The van der Waals surface area contributed by atoms with Gasteiger partial charge in [0.15, 0.2) is 0 Å². The van der Waals surface area contributed by atoms with Gasteiger partial charge in [-0.2, -0.15) is 0 Å². The van der Waals surface area contributed by atoms with Gasteiger partial charge >= 0.3 is 0 Å². The third-order valence-corrected chi connectivity index (χ3v) is 1.89. The molecule has 2 atom stereocenters. The molecule has 0 aliphatic carbocycles. The minimum Gasteiger partial charge on any atom is -0.314 e. The van der Waals surface area contributed by atoms with Crippen LogP contribution in [0.5, 0.6) is 0 Å². The Bertz CT molecular complexity index is 95.1. The van der Waals surface area contributed by atoms with Crippen LogP contribution in [0.25, 0.3) is 0 Å². The molecule has 1 aliphatic rings. The van der Waals surface area contributed by atoms with E-state index in [1.54, 1.807) is 0 Å². The molecule has 0 amide bonds. The molecule has 0 aromatic rings. The lowest BCUT2D eigenvalue weighted by molar-refractivity contribution is -0.111. The molecule has 1 saturated heterocycles. The first-order chi connectivity index (χ1) is 4.33. The second-order valence-electron chi connectivity index (χ2n) is 2.78. The minimum atomic E-state index is 0.279. The summed E-state index contributed by atoms with van der Waals surface area (Å²) in [5.74, 6) is 0.279. The zero-order valence-corrected chi connectivity index (χ0v) is 5.76. The quantitative estimate of drug-likeness (QED) is 0.522. The van der Waals surface area contributed by atoms with Crippen LogP contribution in [0.15, 0.2) is 0 Å². The van der Waals surface area contributed by atoms with E-state index in [0.29, 0.717) is 6.04 Å². The van der Waals surface area contributed by atoms with E-state index in [9.17, 15) is 4.79 Å². The maximum absolute atomic E-state index is 10.2. The van der Waals surface area contributed by atoms with Crippen molar-refractivity contribution in [2.24, 2.45) is 5.92 Å². The van der Waals surface area contributed by atoms with Crippen molar-refractivity contribution in [1.82, 2.24) is 5.32 Å². The van der Waals surface area contributed by atoms with Crippen molar-refractivity contribution in [3.8, 4) is 0 Å². The minimum absolute atomic E-state index is 0.279. The van der Waals surface area contributed by atoms with Crippen molar-refractivity contribution in [2.45, 2.75) is 25.8 Å². The van der Waals surface area contributed by atoms with E-state index in [2.05, 4.69) is 12.2 Å². The first kappa shape index (κ1) is 6.75. The maximum Gasteiger partial charge on any atom is 0.124 e. The molecule has 0 spiro atoms. The van der Waals surface area contributed by atoms with Crippen molar-refractivity contribution < 1.29 is 4.79 Å². The van der Waals surface area contributed by atoms with Crippen LogP contribution >= 0.6 is 0 Å². The summed E-state index contributed by atoms with van der Waals surface area (Å²) in [6.45, 7) is 3.03. The molecule has 52 valence electrons. The largest absolute Gasteiger partial charge is 0.314 e. The van der Waals surface area contributed by atoms with Crippen LogP contribution in [0, 0.1) is 5.92 Å². The molecule has 0 aromatic heterocycles. The Morgan fingerprint density at radius 3 is 2.78 bits per heavy atom. The Morgan fingerprint density at radius 1 is 1.56 bits per heavy atom. The van der Waals surface area contributed by atoms with Crippen LogP contribution in [0.1, 0.15) is 19.8 Å². The molecule has 0 radical (unpaired) electrons. The summed E-state index contributed by atoms with van der Waals surface area (Å²) >= 11 is 0. The number of rotatable bonds is 1. The standard InChI is InChI=1S/C7H13NO/c1-6-2-3-7(5-9)4-8-6/h5-8H,2-4H2,1H3/t6-,7?/m1/s1. The van der Waals surface area contributed by atoms with Gasteiger partial charge in [-0.1, -0.05) is 0 Å². The highest BCUT2D eigenvalue weighted by molar-refractivity contribution is 5.53. The number of nitrogens with one attached hydrogen (secondary N) is 1. The van der Waals surface area contributed by atoms with Gasteiger partial charge in [-0.15, -0.1) is 0 Å². The first-order valence-corrected chi connectivity index (χ1v) is 3.51. The van der Waals surface area contributed by atoms with Gasteiger partial charge in [0, 0.05) is 18.5 Å². The van der Waals surface area contributed by atoms with E-state index in [1.807, 2.05) is 0 Å². The van der Waals surface area contributed by atoms with Crippen LogP contribution < -0.4 is 5.32 Å². The lowest BCUT2D eigenvalue weighted by Gasteiger charge is -2.23. The summed E-state index contributed by atoms with van der Waals surface area (Å²) in [5, 5.41) is 3.25. The van der Waals surface area contributed by atoms with Crippen LogP contribution in [0.4, 0.5) is 0 Å². The van der Waals surface area contributed by atoms with Crippen molar-refractivity contribution in [3.63, 3.8) is 0 Å². The number of hydrogen-bond donors (Lipinski definition) is 1. The number of piperidine rings is 1. The Morgan fingerprint density at radius 2 is 2.33 bits per heavy atom. The lowest BCUT2D eigenvalue weighted by atomic mass is 9.97. The molecule has 1 fully saturated rings. The van der Waals surface area contributed by atoms with Crippen LogP contribution in [0.3, 0.4) is 0 Å². The average Bonchev–Trinajstić information content (AvgIpc) is 1.90. The second-order valence-corrected chi connectivity index (χ2v) is 2.78. The van der Waals surface area contributed by atoms with Crippen molar-refractivity contribution in [2.75, 3.05) is 6.54 Å². The maximum atomic E-state index is 10.2. The fourth-order valence-corrected chi connectivity index (χ4v) is 1.14. The number of aldehydes is 1. The SMILES string of the molecule is C[C@@H]1CCC(C=O)CN1. The molecule has 2 nitrogen and oxygen atoms in total. The number of hydrogen-bond acceptors (Lipinski definition) is 2. The molecule has 1 N–H and O–H groups in total. The number of carbonyl (C=O) groups excluding carboxylic acids is 1. The third kappa shape index (κ3) is 1.79. The molecule has 0 saturated carbocycles. The zero-order valence-electron chi connectivity index (χ0n) is 5.76. The molecule has 2 heteroatoms. The molecular weight excluding hydrogens is 114 g/mol. The monoisotopic (exact) mass is 127 g/mol. The van der Waals surface area contributed by atoms with Crippen molar-refractivity contribution >= 4 is 6.29 Å². The highest BCUT2D eigenvalue weighted by Gasteiger charge is 2.15. The van der Waals surface area contributed by atoms with Crippen LogP contribution in [-0.2, 0) is 4.79 Å². The summed E-state index contributed by atoms with van der Waals surface area (Å²) < 4.78 is 0. The van der Waals surface area contributed by atoms with E-state index in [0.717, 1.165) is 25.7 Å². The van der Waals surface area contributed by atoms with Gasteiger partial charge in [0.05, 0.1) is 0 Å². The molecule has 1 unspecified atom stereocenters. The van der Waals surface area contributed by atoms with Gasteiger partial charge < -0.3 is 10.1 Å². The molecule has 1 heterocycles. The van der Waals surface area contributed by atoms with Gasteiger partial charge in [-0.3, -0.25) is 0 Å². The predicted octanol–water partition coefficient (Wildman–Crippen LogP) is 0.573. The lowest BCUT2D eigenvalue weighted by Crippen LogP contribution is -2.37. The summed E-state index contributed by atoms with van der Waals surface area (Å²) in [7, 11) is 0. The predicted molar refractivity (Wildman–Crippen MR) is 36.3 cm³/mol. The second kappa shape index (κ2) is 2.97. The molecule has 0 bridgehead atoms. The molecule has 0 aromatic carbocycles.